The first-order valence-electron chi connectivity index (χ1n) is 7.45. The van der Waals surface area contributed by atoms with Gasteiger partial charge in [-0.1, -0.05) is 18.2 Å². The number of hydrogen-bond acceptors (Lipinski definition) is 4. The molecule has 2 aromatic heterocycles. The van der Waals surface area contributed by atoms with Crippen molar-refractivity contribution in [1.82, 2.24) is 9.38 Å². The summed E-state index contributed by atoms with van der Waals surface area (Å²) in [6.07, 6.45) is 1.05. The molecule has 4 rings (SSSR count). The molecule has 0 unspecified atom stereocenters. The number of aromatic nitrogens is 2. The second-order valence-electron chi connectivity index (χ2n) is 5.89. The fraction of sp³-hybridized carbons (Fsp3) is 0.294. The molecule has 112 valence electrons. The standard InChI is InChI=1S/C17H17N3OS/c1-11-7-13-5-3-4-6-15(13)19(11)9-14-8-16(21)20-12(2)10-22-17(20)18-14/h3-6,8,10-11H,7,9H2,1-2H3/t11-/m0/s1. The Morgan fingerprint density at radius 3 is 3.05 bits per heavy atom. The van der Waals surface area contributed by atoms with E-state index in [0.29, 0.717) is 12.6 Å². The van der Waals surface area contributed by atoms with Crippen molar-refractivity contribution in [2.24, 2.45) is 0 Å². The summed E-state index contributed by atoms with van der Waals surface area (Å²) in [4.78, 5) is 20.1. The van der Waals surface area contributed by atoms with Crippen LogP contribution in [0.5, 0.6) is 0 Å². The van der Waals surface area contributed by atoms with Gasteiger partial charge in [0, 0.05) is 28.9 Å². The Hall–Kier alpha value is -2.14. The lowest BCUT2D eigenvalue weighted by Crippen LogP contribution is -2.30. The van der Waals surface area contributed by atoms with Crippen molar-refractivity contribution in [1.29, 1.82) is 0 Å². The zero-order chi connectivity index (χ0) is 15.3. The molecule has 0 amide bonds. The number of para-hydroxylation sites is 1. The van der Waals surface area contributed by atoms with E-state index < -0.39 is 0 Å². The molecule has 1 atom stereocenters. The van der Waals surface area contributed by atoms with Crippen molar-refractivity contribution >= 4 is 22.0 Å². The lowest BCUT2D eigenvalue weighted by atomic mass is 10.1. The summed E-state index contributed by atoms with van der Waals surface area (Å²) in [6.45, 7) is 4.84. The predicted molar refractivity (Wildman–Crippen MR) is 89.9 cm³/mol. The van der Waals surface area contributed by atoms with Crippen molar-refractivity contribution in [3.8, 4) is 0 Å². The zero-order valence-electron chi connectivity index (χ0n) is 12.6. The van der Waals surface area contributed by atoms with Gasteiger partial charge in [0.15, 0.2) is 4.96 Å². The molecular formula is C17H17N3OS. The summed E-state index contributed by atoms with van der Waals surface area (Å²) < 4.78 is 1.68. The molecule has 0 aliphatic carbocycles. The largest absolute Gasteiger partial charge is 0.362 e. The third-order valence-corrected chi connectivity index (χ3v) is 5.25. The van der Waals surface area contributed by atoms with Gasteiger partial charge < -0.3 is 4.90 Å². The molecule has 0 saturated carbocycles. The highest BCUT2D eigenvalue weighted by Gasteiger charge is 2.26. The Bertz CT molecular complexity index is 912. The summed E-state index contributed by atoms with van der Waals surface area (Å²) in [7, 11) is 0. The van der Waals surface area contributed by atoms with E-state index in [2.05, 4.69) is 41.1 Å². The second-order valence-corrected chi connectivity index (χ2v) is 6.73. The molecule has 1 aliphatic rings. The molecule has 3 heterocycles. The van der Waals surface area contributed by atoms with Crippen LogP contribution in [0.2, 0.25) is 0 Å². The van der Waals surface area contributed by atoms with Gasteiger partial charge in [0.25, 0.3) is 5.56 Å². The summed E-state index contributed by atoms with van der Waals surface area (Å²) in [6, 6.07) is 10.6. The van der Waals surface area contributed by atoms with Crippen molar-refractivity contribution in [3.05, 3.63) is 63.0 Å². The average molecular weight is 311 g/mol. The fourth-order valence-electron chi connectivity index (χ4n) is 3.23. The molecule has 0 N–H and O–H groups in total. The van der Waals surface area contributed by atoms with Crippen molar-refractivity contribution in [2.75, 3.05) is 4.90 Å². The van der Waals surface area contributed by atoms with Crippen LogP contribution in [0.4, 0.5) is 5.69 Å². The molecule has 3 aromatic rings. The topological polar surface area (TPSA) is 37.6 Å². The molecule has 1 aliphatic heterocycles. The molecule has 4 nitrogen and oxygen atoms in total. The van der Waals surface area contributed by atoms with Gasteiger partial charge in [-0.3, -0.25) is 9.20 Å². The van der Waals surface area contributed by atoms with E-state index in [9.17, 15) is 4.79 Å². The lowest BCUT2D eigenvalue weighted by molar-refractivity contribution is 0.664. The van der Waals surface area contributed by atoms with Gasteiger partial charge in [-0.05, 0) is 31.9 Å². The summed E-state index contributed by atoms with van der Waals surface area (Å²) in [5.74, 6) is 0. The zero-order valence-corrected chi connectivity index (χ0v) is 13.4. The maximum absolute atomic E-state index is 12.3. The van der Waals surface area contributed by atoms with Crippen molar-refractivity contribution in [3.63, 3.8) is 0 Å². The summed E-state index contributed by atoms with van der Waals surface area (Å²) in [5, 5.41) is 1.97. The van der Waals surface area contributed by atoms with Crippen LogP contribution in [-0.4, -0.2) is 15.4 Å². The molecule has 0 bridgehead atoms. The van der Waals surface area contributed by atoms with E-state index in [1.54, 1.807) is 10.5 Å². The van der Waals surface area contributed by atoms with E-state index >= 15 is 0 Å². The van der Waals surface area contributed by atoms with Crippen LogP contribution in [0.15, 0.2) is 40.5 Å². The Morgan fingerprint density at radius 1 is 1.36 bits per heavy atom. The van der Waals surface area contributed by atoms with E-state index in [1.807, 2.05) is 12.3 Å². The third kappa shape index (κ3) is 2.04. The maximum atomic E-state index is 12.3. The number of anilines is 1. The van der Waals surface area contributed by atoms with E-state index in [4.69, 9.17) is 0 Å². The molecule has 1 aromatic carbocycles. The first kappa shape index (κ1) is 13.5. The first-order chi connectivity index (χ1) is 10.6. The van der Waals surface area contributed by atoms with Gasteiger partial charge in [0.2, 0.25) is 0 Å². The minimum Gasteiger partial charge on any atom is -0.362 e. The molecule has 22 heavy (non-hydrogen) atoms. The summed E-state index contributed by atoms with van der Waals surface area (Å²) in [5.41, 5.74) is 4.44. The first-order valence-corrected chi connectivity index (χ1v) is 8.33. The maximum Gasteiger partial charge on any atom is 0.259 e. The van der Waals surface area contributed by atoms with Gasteiger partial charge in [-0.2, -0.15) is 0 Å². The highest BCUT2D eigenvalue weighted by atomic mass is 32.1. The quantitative estimate of drug-likeness (QED) is 0.730. The van der Waals surface area contributed by atoms with Crippen molar-refractivity contribution < 1.29 is 0 Å². The number of benzene rings is 1. The minimum atomic E-state index is 0.0129. The Morgan fingerprint density at radius 2 is 2.18 bits per heavy atom. The van der Waals surface area contributed by atoms with Crippen LogP contribution in [0.25, 0.3) is 4.96 Å². The van der Waals surface area contributed by atoms with Crippen LogP contribution in [-0.2, 0) is 13.0 Å². The van der Waals surface area contributed by atoms with Crippen LogP contribution in [0.1, 0.15) is 23.9 Å². The van der Waals surface area contributed by atoms with Gasteiger partial charge in [-0.15, -0.1) is 11.3 Å². The van der Waals surface area contributed by atoms with E-state index in [1.165, 1.54) is 22.6 Å². The second kappa shape index (κ2) is 4.95. The molecule has 0 radical (unpaired) electrons. The van der Waals surface area contributed by atoms with Crippen LogP contribution in [0.3, 0.4) is 0 Å². The predicted octanol–water partition coefficient (Wildman–Crippen LogP) is 3.02. The minimum absolute atomic E-state index is 0.0129. The smallest absolute Gasteiger partial charge is 0.259 e. The Labute approximate surface area is 132 Å². The van der Waals surface area contributed by atoms with E-state index in [-0.39, 0.29) is 5.56 Å². The number of rotatable bonds is 2. The van der Waals surface area contributed by atoms with Gasteiger partial charge in [0.1, 0.15) is 0 Å². The van der Waals surface area contributed by atoms with Crippen LogP contribution < -0.4 is 10.5 Å². The lowest BCUT2D eigenvalue weighted by Gasteiger charge is -2.24. The molecule has 5 heteroatoms. The fourth-order valence-corrected chi connectivity index (χ4v) is 4.12. The third-order valence-electron chi connectivity index (χ3n) is 4.31. The molecular weight excluding hydrogens is 294 g/mol. The number of aryl methyl sites for hydroxylation is 1. The van der Waals surface area contributed by atoms with Gasteiger partial charge in [0.05, 0.1) is 12.2 Å². The average Bonchev–Trinajstić information content (AvgIpc) is 3.01. The number of hydrogen-bond donors (Lipinski definition) is 0. The van der Waals surface area contributed by atoms with Crippen LogP contribution >= 0.6 is 11.3 Å². The summed E-state index contributed by atoms with van der Waals surface area (Å²) >= 11 is 1.52. The van der Waals surface area contributed by atoms with Gasteiger partial charge in [-0.25, -0.2) is 4.98 Å². The number of nitrogens with zero attached hydrogens (tertiary/aromatic N) is 3. The molecule has 0 fully saturated rings. The van der Waals surface area contributed by atoms with Gasteiger partial charge >= 0.3 is 0 Å². The molecule has 0 saturated heterocycles. The highest BCUT2D eigenvalue weighted by Crippen LogP contribution is 2.32. The SMILES string of the molecule is Cc1csc2nc(CN3c4ccccc4C[C@@H]3C)cc(=O)n12. The monoisotopic (exact) mass is 311 g/mol. The Balaban J connectivity index is 1.74. The number of thiazole rings is 1. The van der Waals surface area contributed by atoms with E-state index in [0.717, 1.165) is 22.8 Å². The van der Waals surface area contributed by atoms with Crippen LogP contribution in [0, 0.1) is 6.92 Å². The molecule has 0 spiro atoms. The normalized spacial score (nSPS) is 17.2. The highest BCUT2D eigenvalue weighted by molar-refractivity contribution is 7.15. The Kier molecular flexibility index (Phi) is 3.04. The van der Waals surface area contributed by atoms with Crippen molar-refractivity contribution in [2.45, 2.75) is 32.9 Å². The number of fused-ring (bicyclic) bond motifs is 2.